The topological polar surface area (TPSA) is 75.4 Å². The van der Waals surface area contributed by atoms with Gasteiger partial charge in [-0.15, -0.1) is 0 Å². The lowest BCUT2D eigenvalue weighted by atomic mass is 10.2. The number of carbonyl (C=O) groups excluding carboxylic acids is 1. The summed E-state index contributed by atoms with van der Waals surface area (Å²) in [7, 11) is 1.44. The summed E-state index contributed by atoms with van der Waals surface area (Å²) >= 11 is 0. The third-order valence-corrected chi connectivity index (χ3v) is 3.92. The molecular formula is C16H16FN3O3. The molecule has 0 unspecified atom stereocenters. The van der Waals surface area contributed by atoms with E-state index in [0.29, 0.717) is 5.69 Å². The highest BCUT2D eigenvalue weighted by Gasteiger charge is 2.29. The van der Waals surface area contributed by atoms with E-state index in [1.807, 2.05) is 0 Å². The van der Waals surface area contributed by atoms with Gasteiger partial charge in [0.15, 0.2) is 5.69 Å². The molecule has 0 saturated heterocycles. The Morgan fingerprint density at radius 2 is 2.00 bits per heavy atom. The van der Waals surface area contributed by atoms with E-state index in [2.05, 4.69) is 5.10 Å². The Morgan fingerprint density at radius 3 is 2.65 bits per heavy atom. The molecule has 0 radical (unpaired) electrons. The summed E-state index contributed by atoms with van der Waals surface area (Å²) in [5, 5.41) is 13.2. The van der Waals surface area contributed by atoms with Crippen molar-refractivity contribution >= 4 is 11.9 Å². The predicted molar refractivity (Wildman–Crippen MR) is 80.1 cm³/mol. The Hall–Kier alpha value is -2.70. The van der Waals surface area contributed by atoms with Gasteiger partial charge in [-0.1, -0.05) is 0 Å². The fraction of sp³-hybridized carbons (Fsp3) is 0.312. The van der Waals surface area contributed by atoms with Crippen molar-refractivity contribution in [3.05, 3.63) is 47.0 Å². The van der Waals surface area contributed by atoms with Crippen LogP contribution in [-0.2, 0) is 17.6 Å². The second-order valence-corrected chi connectivity index (χ2v) is 5.57. The number of carboxylic acids is 1. The fourth-order valence-corrected chi connectivity index (χ4v) is 2.86. The van der Waals surface area contributed by atoms with Crippen LogP contribution in [0, 0.1) is 5.82 Å². The van der Waals surface area contributed by atoms with Gasteiger partial charge in [-0.05, 0) is 43.5 Å². The van der Waals surface area contributed by atoms with Gasteiger partial charge in [0.1, 0.15) is 12.4 Å². The number of halogens is 1. The maximum Gasteiger partial charge on any atom is 0.323 e. The van der Waals surface area contributed by atoms with Gasteiger partial charge >= 0.3 is 5.97 Å². The molecule has 0 atom stereocenters. The first-order valence-electron chi connectivity index (χ1n) is 7.31. The second-order valence-electron chi connectivity index (χ2n) is 5.57. The van der Waals surface area contributed by atoms with Crippen molar-refractivity contribution in [1.82, 2.24) is 14.7 Å². The lowest BCUT2D eigenvalue weighted by Crippen LogP contribution is -2.32. The van der Waals surface area contributed by atoms with E-state index in [9.17, 15) is 14.0 Å². The van der Waals surface area contributed by atoms with Crippen LogP contribution in [0.5, 0.6) is 0 Å². The SMILES string of the molecule is CN(CC(=O)O)C(=O)c1nn(-c2ccc(F)cc2)c2c1CCC2. The van der Waals surface area contributed by atoms with Crippen molar-refractivity contribution in [1.29, 1.82) is 0 Å². The lowest BCUT2D eigenvalue weighted by molar-refractivity contribution is -0.137. The van der Waals surface area contributed by atoms with E-state index in [4.69, 9.17) is 5.11 Å². The van der Waals surface area contributed by atoms with Gasteiger partial charge in [0.25, 0.3) is 5.91 Å². The Morgan fingerprint density at radius 1 is 1.30 bits per heavy atom. The van der Waals surface area contributed by atoms with Crippen LogP contribution in [0.3, 0.4) is 0 Å². The Labute approximate surface area is 132 Å². The zero-order chi connectivity index (χ0) is 16.6. The fourth-order valence-electron chi connectivity index (χ4n) is 2.86. The summed E-state index contributed by atoms with van der Waals surface area (Å²) < 4.78 is 14.7. The number of fused-ring (bicyclic) bond motifs is 1. The summed E-state index contributed by atoms with van der Waals surface area (Å²) in [5.74, 6) is -1.82. The molecule has 1 aromatic carbocycles. The lowest BCUT2D eigenvalue weighted by Gasteiger charge is -2.13. The van der Waals surface area contributed by atoms with Crippen LogP contribution in [0.1, 0.15) is 28.2 Å². The average molecular weight is 317 g/mol. The molecule has 0 bridgehead atoms. The van der Waals surface area contributed by atoms with Crippen molar-refractivity contribution in [2.75, 3.05) is 13.6 Å². The largest absolute Gasteiger partial charge is 0.480 e. The van der Waals surface area contributed by atoms with E-state index >= 15 is 0 Å². The van der Waals surface area contributed by atoms with Crippen LogP contribution in [-0.4, -0.2) is 45.3 Å². The van der Waals surface area contributed by atoms with E-state index in [-0.39, 0.29) is 18.1 Å². The van der Waals surface area contributed by atoms with Crippen molar-refractivity contribution in [2.24, 2.45) is 0 Å². The molecule has 1 heterocycles. The summed E-state index contributed by atoms with van der Waals surface area (Å²) in [6.07, 6.45) is 2.44. The number of hydrogen-bond donors (Lipinski definition) is 1. The smallest absolute Gasteiger partial charge is 0.323 e. The predicted octanol–water partition coefficient (Wildman–Crippen LogP) is 1.66. The molecule has 2 aromatic rings. The van der Waals surface area contributed by atoms with Gasteiger partial charge in [-0.25, -0.2) is 9.07 Å². The number of carbonyl (C=O) groups is 2. The van der Waals surface area contributed by atoms with E-state index in [0.717, 1.165) is 35.4 Å². The first-order valence-corrected chi connectivity index (χ1v) is 7.31. The van der Waals surface area contributed by atoms with Crippen molar-refractivity contribution < 1.29 is 19.1 Å². The second kappa shape index (κ2) is 5.83. The number of rotatable bonds is 4. The molecule has 1 aromatic heterocycles. The van der Waals surface area contributed by atoms with Crippen molar-refractivity contribution in [3.8, 4) is 5.69 Å². The van der Waals surface area contributed by atoms with Crippen molar-refractivity contribution in [2.45, 2.75) is 19.3 Å². The van der Waals surface area contributed by atoms with Crippen molar-refractivity contribution in [3.63, 3.8) is 0 Å². The number of benzene rings is 1. The molecule has 0 aliphatic heterocycles. The Kier molecular flexibility index (Phi) is 3.85. The van der Waals surface area contributed by atoms with Crippen LogP contribution in [0.25, 0.3) is 5.69 Å². The molecule has 1 amide bonds. The van der Waals surface area contributed by atoms with E-state index < -0.39 is 11.9 Å². The zero-order valence-corrected chi connectivity index (χ0v) is 12.6. The molecule has 6 nitrogen and oxygen atoms in total. The van der Waals surface area contributed by atoms with Crippen LogP contribution in [0.15, 0.2) is 24.3 Å². The Bertz CT molecular complexity index is 768. The van der Waals surface area contributed by atoms with Gasteiger partial charge in [-0.2, -0.15) is 5.10 Å². The average Bonchev–Trinajstić information content (AvgIpc) is 3.09. The number of amides is 1. The number of nitrogens with zero attached hydrogens (tertiary/aromatic N) is 3. The number of carboxylic acid groups (broad SMARTS) is 1. The molecule has 3 rings (SSSR count). The van der Waals surface area contributed by atoms with Crippen LogP contribution < -0.4 is 0 Å². The summed E-state index contributed by atoms with van der Waals surface area (Å²) in [6, 6.07) is 5.90. The highest BCUT2D eigenvalue weighted by molar-refractivity contribution is 5.95. The van der Waals surface area contributed by atoms with Gasteiger partial charge in [-0.3, -0.25) is 9.59 Å². The third-order valence-electron chi connectivity index (χ3n) is 3.92. The molecule has 23 heavy (non-hydrogen) atoms. The van der Waals surface area contributed by atoms with Gasteiger partial charge in [0.2, 0.25) is 0 Å². The molecule has 1 aliphatic carbocycles. The number of aromatic nitrogens is 2. The van der Waals surface area contributed by atoms with E-state index in [1.54, 1.807) is 16.8 Å². The van der Waals surface area contributed by atoms with Gasteiger partial charge in [0.05, 0.1) is 5.69 Å². The highest BCUT2D eigenvalue weighted by Crippen LogP contribution is 2.28. The first-order chi connectivity index (χ1) is 11.0. The normalized spacial score (nSPS) is 13.0. The Balaban J connectivity index is 2.00. The highest BCUT2D eigenvalue weighted by atomic mass is 19.1. The maximum absolute atomic E-state index is 13.1. The van der Waals surface area contributed by atoms with Crippen LogP contribution in [0.4, 0.5) is 4.39 Å². The van der Waals surface area contributed by atoms with Gasteiger partial charge < -0.3 is 10.0 Å². The quantitative estimate of drug-likeness (QED) is 0.930. The summed E-state index contributed by atoms with van der Waals surface area (Å²) in [5.41, 5.74) is 2.76. The maximum atomic E-state index is 13.1. The molecule has 1 N–H and O–H groups in total. The first kappa shape index (κ1) is 15.2. The number of likely N-dealkylation sites (N-methyl/N-ethyl adjacent to an activating group) is 1. The standard InChI is InChI=1S/C16H16FN3O3/c1-19(9-14(21)22)16(23)15-12-3-2-4-13(12)20(18-15)11-7-5-10(17)6-8-11/h5-8H,2-4,9H2,1H3,(H,21,22). The summed E-state index contributed by atoms with van der Waals surface area (Å²) in [4.78, 5) is 24.4. The molecule has 0 fully saturated rings. The molecule has 0 spiro atoms. The molecular weight excluding hydrogens is 301 g/mol. The molecule has 0 saturated carbocycles. The monoisotopic (exact) mass is 317 g/mol. The number of aliphatic carboxylic acids is 1. The van der Waals surface area contributed by atoms with E-state index in [1.165, 1.54) is 19.2 Å². The van der Waals surface area contributed by atoms with Crippen LogP contribution in [0.2, 0.25) is 0 Å². The third kappa shape index (κ3) is 2.81. The molecule has 120 valence electrons. The molecule has 7 heteroatoms. The minimum Gasteiger partial charge on any atom is -0.480 e. The summed E-state index contributed by atoms with van der Waals surface area (Å²) in [6.45, 7) is -0.378. The minimum atomic E-state index is -1.07. The number of hydrogen-bond acceptors (Lipinski definition) is 3. The van der Waals surface area contributed by atoms with Crippen LogP contribution >= 0.6 is 0 Å². The minimum absolute atomic E-state index is 0.283. The molecule has 1 aliphatic rings. The van der Waals surface area contributed by atoms with Gasteiger partial charge in [0, 0.05) is 18.3 Å². The zero-order valence-electron chi connectivity index (χ0n) is 12.6.